The minimum absolute atomic E-state index is 0.256. The van der Waals surface area contributed by atoms with Crippen molar-refractivity contribution < 1.29 is 18.9 Å². The average molecular weight is 447 g/mol. The Hall–Kier alpha value is -1.97. The molecule has 0 radical (unpaired) electrons. The molecule has 0 N–H and O–H groups in total. The summed E-state index contributed by atoms with van der Waals surface area (Å²) in [7, 11) is 3.76. The van der Waals surface area contributed by atoms with Crippen LogP contribution in [0.15, 0.2) is 17.3 Å². The predicted octanol–water partition coefficient (Wildman–Crippen LogP) is 3.20. The Morgan fingerprint density at radius 1 is 1.16 bits per heavy atom. The first-order valence-electron chi connectivity index (χ1n) is 11.0. The highest BCUT2D eigenvalue weighted by molar-refractivity contribution is 7.99. The molecule has 3 aliphatic heterocycles. The van der Waals surface area contributed by atoms with Crippen LogP contribution >= 0.6 is 11.8 Å². The van der Waals surface area contributed by atoms with Crippen molar-refractivity contribution in [1.29, 1.82) is 0 Å². The molecular formula is C22H30N4O4S. The highest BCUT2D eigenvalue weighted by Crippen LogP contribution is 2.42. The number of ether oxygens (including phenoxy) is 4. The van der Waals surface area contributed by atoms with Crippen molar-refractivity contribution in [2.24, 2.45) is 7.05 Å². The molecule has 2 aromatic rings. The van der Waals surface area contributed by atoms with Crippen molar-refractivity contribution in [1.82, 2.24) is 19.7 Å². The molecule has 2 fully saturated rings. The van der Waals surface area contributed by atoms with Gasteiger partial charge in [-0.05, 0) is 56.5 Å². The molecule has 0 unspecified atom stereocenters. The molecule has 1 atom stereocenters. The number of nitrogens with zero attached hydrogens (tertiary/aromatic N) is 4. The number of hydrogen-bond acceptors (Lipinski definition) is 8. The van der Waals surface area contributed by atoms with Crippen LogP contribution in [-0.4, -0.2) is 65.1 Å². The molecule has 0 spiro atoms. The van der Waals surface area contributed by atoms with Crippen molar-refractivity contribution in [2.45, 2.75) is 49.4 Å². The van der Waals surface area contributed by atoms with Crippen LogP contribution in [-0.2, 0) is 18.3 Å². The van der Waals surface area contributed by atoms with Crippen LogP contribution in [0.25, 0.3) is 0 Å². The standard InChI is InChI=1S/C22H30N4O4S/c1-25-21(23-24-22(25)31-13-17-4-3-9-28-17)16-5-7-26(8-6-16)12-15-10-18(27-2)20-19(11-15)29-14-30-20/h10-11,16-17H,3-9,12-14H2,1-2H3/t17-/m0/s1. The first-order chi connectivity index (χ1) is 15.2. The second-order valence-corrected chi connectivity index (χ2v) is 9.42. The van der Waals surface area contributed by atoms with Crippen LogP contribution < -0.4 is 14.2 Å². The van der Waals surface area contributed by atoms with Crippen molar-refractivity contribution in [3.63, 3.8) is 0 Å². The SMILES string of the molecule is COc1cc(CN2CCC(c3nnc(SC[C@@H]4CCCO4)n3C)CC2)cc2c1OCO2. The highest BCUT2D eigenvalue weighted by Gasteiger charge is 2.27. The van der Waals surface area contributed by atoms with Crippen molar-refractivity contribution in [3.8, 4) is 17.2 Å². The third-order valence-electron chi connectivity index (χ3n) is 6.37. The zero-order chi connectivity index (χ0) is 21.2. The minimum Gasteiger partial charge on any atom is -0.493 e. The smallest absolute Gasteiger partial charge is 0.231 e. The fraction of sp³-hybridized carbons (Fsp3) is 0.636. The van der Waals surface area contributed by atoms with Gasteiger partial charge in [-0.1, -0.05) is 11.8 Å². The highest BCUT2D eigenvalue weighted by atomic mass is 32.2. The summed E-state index contributed by atoms with van der Waals surface area (Å²) >= 11 is 1.76. The number of aromatic nitrogens is 3. The molecule has 1 aromatic carbocycles. The number of likely N-dealkylation sites (tertiary alicyclic amines) is 1. The molecule has 0 bridgehead atoms. The number of piperidine rings is 1. The van der Waals surface area contributed by atoms with Gasteiger partial charge in [-0.25, -0.2) is 0 Å². The molecule has 1 aromatic heterocycles. The second-order valence-electron chi connectivity index (χ2n) is 8.43. The van der Waals surface area contributed by atoms with E-state index in [9.17, 15) is 0 Å². The van der Waals surface area contributed by atoms with E-state index in [2.05, 4.69) is 38.8 Å². The summed E-state index contributed by atoms with van der Waals surface area (Å²) in [6, 6.07) is 4.12. The fourth-order valence-electron chi connectivity index (χ4n) is 4.63. The van der Waals surface area contributed by atoms with Gasteiger partial charge in [-0.2, -0.15) is 0 Å². The van der Waals surface area contributed by atoms with Gasteiger partial charge in [-0.3, -0.25) is 4.90 Å². The molecule has 31 heavy (non-hydrogen) atoms. The quantitative estimate of drug-likeness (QED) is 0.601. The normalized spacial score (nSPS) is 21.7. The number of benzene rings is 1. The van der Waals surface area contributed by atoms with Crippen LogP contribution in [0.2, 0.25) is 0 Å². The number of rotatable bonds is 7. The van der Waals surface area contributed by atoms with Gasteiger partial charge in [0.2, 0.25) is 12.5 Å². The van der Waals surface area contributed by atoms with Gasteiger partial charge in [0.05, 0.1) is 13.2 Å². The van der Waals surface area contributed by atoms with Crippen LogP contribution in [0.3, 0.4) is 0 Å². The maximum absolute atomic E-state index is 5.73. The average Bonchev–Trinajstić information content (AvgIpc) is 3.54. The van der Waals surface area contributed by atoms with Gasteiger partial charge in [-0.15, -0.1) is 10.2 Å². The van der Waals surface area contributed by atoms with Gasteiger partial charge in [0.25, 0.3) is 0 Å². The van der Waals surface area contributed by atoms with Gasteiger partial charge >= 0.3 is 0 Å². The summed E-state index contributed by atoms with van der Waals surface area (Å²) in [5.74, 6) is 4.75. The van der Waals surface area contributed by atoms with E-state index < -0.39 is 0 Å². The Labute approximate surface area is 187 Å². The van der Waals surface area contributed by atoms with Gasteiger partial charge in [0, 0.05) is 31.9 Å². The Bertz CT molecular complexity index is 907. The fourth-order valence-corrected chi connectivity index (χ4v) is 5.62. The zero-order valence-corrected chi connectivity index (χ0v) is 19.0. The van der Waals surface area contributed by atoms with E-state index in [1.54, 1.807) is 18.9 Å². The molecule has 8 nitrogen and oxygen atoms in total. The van der Waals surface area contributed by atoms with E-state index in [-0.39, 0.29) is 6.79 Å². The summed E-state index contributed by atoms with van der Waals surface area (Å²) < 4.78 is 24.5. The molecule has 5 rings (SSSR count). The Morgan fingerprint density at radius 2 is 2.03 bits per heavy atom. The molecule has 0 aliphatic carbocycles. The van der Waals surface area contributed by atoms with E-state index in [0.717, 1.165) is 73.7 Å². The molecule has 0 amide bonds. The third kappa shape index (κ3) is 4.49. The lowest BCUT2D eigenvalue weighted by molar-refractivity contribution is 0.129. The zero-order valence-electron chi connectivity index (χ0n) is 18.2. The van der Waals surface area contributed by atoms with Crippen LogP contribution in [0.1, 0.15) is 43.0 Å². The van der Waals surface area contributed by atoms with Crippen molar-refractivity contribution in [2.75, 3.05) is 39.4 Å². The van der Waals surface area contributed by atoms with Crippen LogP contribution in [0.5, 0.6) is 17.2 Å². The molecule has 9 heteroatoms. The Kier molecular flexibility index (Phi) is 6.24. The maximum atomic E-state index is 5.73. The molecule has 3 aliphatic rings. The van der Waals surface area contributed by atoms with E-state index >= 15 is 0 Å². The first-order valence-corrected chi connectivity index (χ1v) is 12.0. The molecule has 4 heterocycles. The largest absolute Gasteiger partial charge is 0.493 e. The number of thioether (sulfide) groups is 1. The Balaban J connectivity index is 1.17. The maximum Gasteiger partial charge on any atom is 0.231 e. The lowest BCUT2D eigenvalue weighted by Crippen LogP contribution is -2.33. The minimum atomic E-state index is 0.256. The monoisotopic (exact) mass is 446 g/mol. The van der Waals surface area contributed by atoms with E-state index in [4.69, 9.17) is 18.9 Å². The Morgan fingerprint density at radius 3 is 2.81 bits per heavy atom. The molecule has 2 saturated heterocycles. The van der Waals surface area contributed by atoms with E-state index in [1.165, 1.54) is 12.0 Å². The van der Waals surface area contributed by atoms with E-state index in [1.807, 2.05) is 0 Å². The summed E-state index contributed by atoms with van der Waals surface area (Å²) in [6.45, 7) is 4.10. The predicted molar refractivity (Wildman–Crippen MR) is 117 cm³/mol. The van der Waals surface area contributed by atoms with Crippen LogP contribution in [0, 0.1) is 0 Å². The summed E-state index contributed by atoms with van der Waals surface area (Å²) in [4.78, 5) is 2.48. The van der Waals surface area contributed by atoms with Gasteiger partial charge in [0.15, 0.2) is 16.7 Å². The van der Waals surface area contributed by atoms with Gasteiger partial charge < -0.3 is 23.5 Å². The molecular weight excluding hydrogens is 416 g/mol. The molecule has 168 valence electrons. The number of methoxy groups -OCH3 is 1. The van der Waals surface area contributed by atoms with Crippen molar-refractivity contribution in [3.05, 3.63) is 23.5 Å². The number of hydrogen-bond donors (Lipinski definition) is 0. The third-order valence-corrected chi connectivity index (χ3v) is 7.52. The van der Waals surface area contributed by atoms with Crippen molar-refractivity contribution >= 4 is 11.8 Å². The van der Waals surface area contributed by atoms with Gasteiger partial charge in [0.1, 0.15) is 5.82 Å². The lowest BCUT2D eigenvalue weighted by Gasteiger charge is -2.31. The number of fused-ring (bicyclic) bond motifs is 1. The summed E-state index contributed by atoms with van der Waals surface area (Å²) in [5, 5.41) is 10.00. The second kappa shape index (κ2) is 9.26. The lowest BCUT2D eigenvalue weighted by atomic mass is 9.95. The van der Waals surface area contributed by atoms with E-state index in [0.29, 0.717) is 17.8 Å². The first kappa shape index (κ1) is 20.9. The van der Waals surface area contributed by atoms with Crippen LogP contribution in [0.4, 0.5) is 0 Å². The topological polar surface area (TPSA) is 70.9 Å². The summed E-state index contributed by atoms with van der Waals surface area (Å²) in [5.41, 5.74) is 1.19. The molecule has 0 saturated carbocycles. The summed E-state index contributed by atoms with van der Waals surface area (Å²) in [6.07, 6.45) is 4.87.